The Bertz CT molecular complexity index is 828. The van der Waals surface area contributed by atoms with Crippen LogP contribution in [0.1, 0.15) is 24.5 Å². The smallest absolute Gasteiger partial charge is 0.195 e. The summed E-state index contributed by atoms with van der Waals surface area (Å²) < 4.78 is 10.6. The van der Waals surface area contributed by atoms with Crippen molar-refractivity contribution in [2.75, 3.05) is 32.6 Å². The summed E-state index contributed by atoms with van der Waals surface area (Å²) in [6.07, 6.45) is 1.56. The van der Waals surface area contributed by atoms with Crippen LogP contribution in [0.2, 0.25) is 0 Å². The SMILES string of the molecule is CCNC(=NCC1(O)CCc2ccccc21)Nc1ccc(OC)c(OC)c1.I. The van der Waals surface area contributed by atoms with Crippen molar-refractivity contribution < 1.29 is 14.6 Å². The highest BCUT2D eigenvalue weighted by Gasteiger charge is 2.36. The summed E-state index contributed by atoms with van der Waals surface area (Å²) in [4.78, 5) is 4.63. The van der Waals surface area contributed by atoms with Crippen molar-refractivity contribution in [1.29, 1.82) is 0 Å². The summed E-state index contributed by atoms with van der Waals surface area (Å²) in [7, 11) is 3.21. The molecular formula is C21H28IN3O3. The third-order valence-corrected chi connectivity index (χ3v) is 4.82. The Hall–Kier alpha value is -2.00. The minimum atomic E-state index is -0.920. The van der Waals surface area contributed by atoms with Gasteiger partial charge < -0.3 is 25.2 Å². The number of hydrogen-bond acceptors (Lipinski definition) is 4. The molecule has 1 unspecified atom stereocenters. The van der Waals surface area contributed by atoms with Crippen LogP contribution in [-0.2, 0) is 12.0 Å². The number of guanidine groups is 1. The monoisotopic (exact) mass is 497 g/mol. The lowest BCUT2D eigenvalue weighted by atomic mass is 9.96. The van der Waals surface area contributed by atoms with Crippen LogP contribution in [0.4, 0.5) is 5.69 Å². The molecule has 152 valence electrons. The molecule has 1 atom stereocenters. The standard InChI is InChI=1S/C21H27N3O3.HI/c1-4-22-20(24-16-9-10-18(26-2)19(13-16)27-3)23-14-21(25)12-11-15-7-5-6-8-17(15)21;/h5-10,13,25H,4,11-12,14H2,1-3H3,(H2,22,23,24);1H. The highest BCUT2D eigenvalue weighted by Crippen LogP contribution is 2.37. The molecule has 0 heterocycles. The molecule has 3 N–H and O–H groups in total. The number of nitrogens with zero attached hydrogens (tertiary/aromatic N) is 1. The Kier molecular flexibility index (Phi) is 7.94. The summed E-state index contributed by atoms with van der Waals surface area (Å²) in [6, 6.07) is 13.6. The lowest BCUT2D eigenvalue weighted by Gasteiger charge is -2.23. The van der Waals surface area contributed by atoms with Crippen LogP contribution in [0.5, 0.6) is 11.5 Å². The third kappa shape index (κ3) is 4.88. The second-order valence-electron chi connectivity index (χ2n) is 6.58. The molecule has 0 radical (unpaired) electrons. The molecule has 28 heavy (non-hydrogen) atoms. The molecule has 6 nitrogen and oxygen atoms in total. The van der Waals surface area contributed by atoms with Gasteiger partial charge in [0.15, 0.2) is 17.5 Å². The fraction of sp³-hybridized carbons (Fsp3) is 0.381. The second-order valence-corrected chi connectivity index (χ2v) is 6.58. The Labute approximate surface area is 183 Å². The molecule has 7 heteroatoms. The number of benzene rings is 2. The van der Waals surface area contributed by atoms with E-state index in [0.717, 1.165) is 17.7 Å². The predicted octanol–water partition coefficient (Wildman–Crippen LogP) is 3.53. The first kappa shape index (κ1) is 22.3. The van der Waals surface area contributed by atoms with Crippen molar-refractivity contribution >= 4 is 35.6 Å². The number of aliphatic imine (C=N–C) groups is 1. The van der Waals surface area contributed by atoms with E-state index in [0.29, 0.717) is 37.0 Å². The molecule has 0 aliphatic heterocycles. The van der Waals surface area contributed by atoms with E-state index in [2.05, 4.69) is 21.7 Å². The van der Waals surface area contributed by atoms with Crippen LogP contribution in [0, 0.1) is 0 Å². The highest BCUT2D eigenvalue weighted by atomic mass is 127. The molecule has 1 aliphatic carbocycles. The maximum Gasteiger partial charge on any atom is 0.195 e. The van der Waals surface area contributed by atoms with Gasteiger partial charge >= 0.3 is 0 Å². The Morgan fingerprint density at radius 2 is 1.89 bits per heavy atom. The van der Waals surface area contributed by atoms with Gasteiger partial charge in [-0.15, -0.1) is 24.0 Å². The van der Waals surface area contributed by atoms with E-state index in [1.54, 1.807) is 14.2 Å². The van der Waals surface area contributed by atoms with Crippen LogP contribution in [0.3, 0.4) is 0 Å². The van der Waals surface area contributed by atoms with Gasteiger partial charge in [-0.3, -0.25) is 0 Å². The molecule has 0 saturated heterocycles. The van der Waals surface area contributed by atoms with E-state index in [4.69, 9.17) is 9.47 Å². The van der Waals surface area contributed by atoms with Crippen molar-refractivity contribution in [3.8, 4) is 11.5 Å². The molecule has 0 saturated carbocycles. The first-order chi connectivity index (χ1) is 13.1. The first-order valence-electron chi connectivity index (χ1n) is 9.17. The van der Waals surface area contributed by atoms with E-state index >= 15 is 0 Å². The van der Waals surface area contributed by atoms with Gasteiger partial charge in [0.1, 0.15) is 5.60 Å². The number of aryl methyl sites for hydroxylation is 1. The van der Waals surface area contributed by atoms with Crippen molar-refractivity contribution in [2.45, 2.75) is 25.4 Å². The maximum absolute atomic E-state index is 11.1. The lowest BCUT2D eigenvalue weighted by molar-refractivity contribution is 0.0486. The van der Waals surface area contributed by atoms with E-state index in [1.165, 1.54) is 5.56 Å². The lowest BCUT2D eigenvalue weighted by Crippen LogP contribution is -2.34. The van der Waals surface area contributed by atoms with Crippen molar-refractivity contribution in [3.63, 3.8) is 0 Å². The van der Waals surface area contributed by atoms with Crippen LogP contribution >= 0.6 is 24.0 Å². The van der Waals surface area contributed by atoms with Crippen LogP contribution in [0.15, 0.2) is 47.5 Å². The fourth-order valence-corrected chi connectivity index (χ4v) is 3.40. The van der Waals surface area contributed by atoms with Gasteiger partial charge in [0.25, 0.3) is 0 Å². The third-order valence-electron chi connectivity index (χ3n) is 4.82. The zero-order valence-electron chi connectivity index (χ0n) is 16.5. The summed E-state index contributed by atoms with van der Waals surface area (Å²) in [5.74, 6) is 1.92. The molecule has 1 aliphatic rings. The van der Waals surface area contributed by atoms with Crippen molar-refractivity contribution in [3.05, 3.63) is 53.6 Å². The number of aliphatic hydroxyl groups is 1. The Morgan fingerprint density at radius 1 is 1.14 bits per heavy atom. The van der Waals surface area contributed by atoms with Gasteiger partial charge in [-0.25, -0.2) is 4.99 Å². The summed E-state index contributed by atoms with van der Waals surface area (Å²) in [6.45, 7) is 3.02. The molecule has 0 amide bonds. The minimum Gasteiger partial charge on any atom is -0.493 e. The van der Waals surface area contributed by atoms with Gasteiger partial charge in [-0.1, -0.05) is 24.3 Å². The van der Waals surface area contributed by atoms with Crippen LogP contribution in [-0.4, -0.2) is 38.4 Å². The summed E-state index contributed by atoms with van der Waals surface area (Å²) >= 11 is 0. The van der Waals surface area contributed by atoms with Gasteiger partial charge in [-0.2, -0.15) is 0 Å². The van der Waals surface area contributed by atoms with E-state index in [-0.39, 0.29) is 24.0 Å². The molecule has 0 aromatic heterocycles. The largest absolute Gasteiger partial charge is 0.493 e. The van der Waals surface area contributed by atoms with Gasteiger partial charge in [0.05, 0.1) is 20.8 Å². The van der Waals surface area contributed by atoms with Gasteiger partial charge in [0, 0.05) is 18.3 Å². The molecule has 2 aromatic carbocycles. The summed E-state index contributed by atoms with van der Waals surface area (Å²) in [5, 5.41) is 17.6. The van der Waals surface area contributed by atoms with Crippen LogP contribution in [0.25, 0.3) is 0 Å². The van der Waals surface area contributed by atoms with E-state index < -0.39 is 5.60 Å². The number of fused-ring (bicyclic) bond motifs is 1. The number of halogens is 1. The molecule has 0 bridgehead atoms. The van der Waals surface area contributed by atoms with Crippen molar-refractivity contribution in [1.82, 2.24) is 5.32 Å². The number of rotatable bonds is 6. The molecule has 3 rings (SSSR count). The van der Waals surface area contributed by atoms with Gasteiger partial charge in [0.2, 0.25) is 0 Å². The first-order valence-corrected chi connectivity index (χ1v) is 9.17. The minimum absolute atomic E-state index is 0. The maximum atomic E-state index is 11.1. The second kappa shape index (κ2) is 9.97. The molecule has 2 aromatic rings. The normalized spacial score (nSPS) is 18.1. The van der Waals surface area contributed by atoms with Crippen LogP contribution < -0.4 is 20.1 Å². The Morgan fingerprint density at radius 3 is 2.61 bits per heavy atom. The Balaban J connectivity index is 0.00000280. The number of nitrogens with one attached hydrogen (secondary N) is 2. The van der Waals surface area contributed by atoms with E-state index in [9.17, 15) is 5.11 Å². The predicted molar refractivity (Wildman–Crippen MR) is 123 cm³/mol. The summed E-state index contributed by atoms with van der Waals surface area (Å²) in [5.41, 5.74) is 2.09. The van der Waals surface area contributed by atoms with E-state index in [1.807, 2.05) is 43.3 Å². The number of methoxy groups -OCH3 is 2. The fourth-order valence-electron chi connectivity index (χ4n) is 3.40. The quantitative estimate of drug-likeness (QED) is 0.324. The number of hydrogen-bond donors (Lipinski definition) is 3. The highest BCUT2D eigenvalue weighted by molar-refractivity contribution is 14.0. The molecule has 0 fully saturated rings. The van der Waals surface area contributed by atoms with Gasteiger partial charge in [-0.05, 0) is 43.0 Å². The number of ether oxygens (including phenoxy) is 2. The number of anilines is 1. The van der Waals surface area contributed by atoms with Crippen molar-refractivity contribution in [2.24, 2.45) is 4.99 Å². The zero-order valence-corrected chi connectivity index (χ0v) is 18.8. The topological polar surface area (TPSA) is 75.1 Å². The molecule has 0 spiro atoms. The zero-order chi connectivity index (χ0) is 19.3. The molecular weight excluding hydrogens is 469 g/mol. The average Bonchev–Trinajstić information content (AvgIpc) is 3.04. The average molecular weight is 497 g/mol.